The summed E-state index contributed by atoms with van der Waals surface area (Å²) in [4.78, 5) is 0. The van der Waals surface area contributed by atoms with Crippen LogP contribution in [0.1, 0.15) is 5.56 Å². The van der Waals surface area contributed by atoms with Crippen LogP contribution in [-0.2, 0) is 0 Å². The van der Waals surface area contributed by atoms with Crippen LogP contribution in [0.3, 0.4) is 0 Å². The van der Waals surface area contributed by atoms with E-state index in [1.807, 2.05) is 6.07 Å². The fourth-order valence-electron chi connectivity index (χ4n) is 1.38. The molecular formula is C13H8BrFN2O. The second kappa shape index (κ2) is 5.07. The number of rotatable bonds is 2. The fraction of sp³-hybridized carbons (Fsp3) is 0. The number of benzene rings is 2. The number of nitrogens with zero attached hydrogens (tertiary/aromatic N) is 1. The predicted octanol–water partition coefficient (Wildman–Crippen LogP) is 3.83. The van der Waals surface area contributed by atoms with Crippen LogP contribution in [0.4, 0.5) is 10.1 Å². The first-order chi connectivity index (χ1) is 8.60. The van der Waals surface area contributed by atoms with Gasteiger partial charge in [0.1, 0.15) is 11.8 Å². The summed E-state index contributed by atoms with van der Waals surface area (Å²) in [5, 5.41) is 8.83. The fourth-order valence-corrected chi connectivity index (χ4v) is 1.71. The Morgan fingerprint density at radius 2 is 2.00 bits per heavy atom. The maximum absolute atomic E-state index is 13.6. The minimum atomic E-state index is -0.486. The van der Waals surface area contributed by atoms with Crippen molar-refractivity contribution in [3.63, 3.8) is 0 Å². The number of nitriles is 1. The van der Waals surface area contributed by atoms with Crippen LogP contribution in [0.2, 0.25) is 0 Å². The van der Waals surface area contributed by atoms with E-state index in [2.05, 4.69) is 15.9 Å². The van der Waals surface area contributed by atoms with E-state index in [-0.39, 0.29) is 5.75 Å². The van der Waals surface area contributed by atoms with Crippen LogP contribution in [-0.4, -0.2) is 0 Å². The Hall–Kier alpha value is -2.06. The highest BCUT2D eigenvalue weighted by Gasteiger charge is 2.07. The lowest BCUT2D eigenvalue weighted by atomic mass is 10.2. The molecule has 0 spiro atoms. The van der Waals surface area contributed by atoms with Gasteiger partial charge in [-0.1, -0.05) is 15.9 Å². The molecule has 0 fully saturated rings. The third-order valence-corrected chi connectivity index (χ3v) is 2.76. The summed E-state index contributed by atoms with van der Waals surface area (Å²) in [5.74, 6) is -0.0338. The Kier molecular flexibility index (Phi) is 3.49. The van der Waals surface area contributed by atoms with Gasteiger partial charge in [0.15, 0.2) is 11.6 Å². The van der Waals surface area contributed by atoms with Crippen molar-refractivity contribution in [1.82, 2.24) is 0 Å². The van der Waals surface area contributed by atoms with Crippen molar-refractivity contribution in [2.75, 3.05) is 5.73 Å². The standard InChI is InChI=1S/C13H8BrFN2O/c14-9-1-4-13(11(15)6-9)18-10-2-3-12(17)8(5-10)7-16/h1-6H,17H2. The van der Waals surface area contributed by atoms with Crippen LogP contribution in [0.15, 0.2) is 40.9 Å². The minimum absolute atomic E-state index is 0.0897. The van der Waals surface area contributed by atoms with E-state index in [0.717, 1.165) is 0 Å². The summed E-state index contributed by atoms with van der Waals surface area (Å²) in [7, 11) is 0. The Morgan fingerprint density at radius 3 is 2.67 bits per heavy atom. The van der Waals surface area contributed by atoms with Gasteiger partial charge in [0.25, 0.3) is 0 Å². The first kappa shape index (κ1) is 12.4. The molecule has 0 aliphatic carbocycles. The van der Waals surface area contributed by atoms with Gasteiger partial charge in [0.2, 0.25) is 0 Å². The molecular weight excluding hydrogens is 299 g/mol. The van der Waals surface area contributed by atoms with Crippen LogP contribution in [0.5, 0.6) is 11.5 Å². The number of anilines is 1. The van der Waals surface area contributed by atoms with E-state index < -0.39 is 5.82 Å². The van der Waals surface area contributed by atoms with Crippen molar-refractivity contribution in [3.05, 3.63) is 52.3 Å². The first-order valence-corrected chi connectivity index (χ1v) is 5.82. The van der Waals surface area contributed by atoms with Crippen LogP contribution in [0, 0.1) is 17.1 Å². The molecule has 3 nitrogen and oxygen atoms in total. The molecule has 0 saturated heterocycles. The van der Waals surface area contributed by atoms with Crippen molar-refractivity contribution < 1.29 is 9.13 Å². The molecule has 0 heterocycles. The lowest BCUT2D eigenvalue weighted by Crippen LogP contribution is -1.93. The van der Waals surface area contributed by atoms with Gasteiger partial charge < -0.3 is 10.5 Å². The predicted molar refractivity (Wildman–Crippen MR) is 69.7 cm³/mol. The number of hydrogen-bond donors (Lipinski definition) is 1. The molecule has 0 saturated carbocycles. The Morgan fingerprint density at radius 1 is 1.22 bits per heavy atom. The molecule has 0 atom stereocenters. The third kappa shape index (κ3) is 2.60. The van der Waals surface area contributed by atoms with Gasteiger partial charge in [-0.25, -0.2) is 4.39 Å². The average Bonchev–Trinajstić information content (AvgIpc) is 2.35. The van der Waals surface area contributed by atoms with E-state index >= 15 is 0 Å². The lowest BCUT2D eigenvalue weighted by Gasteiger charge is -2.08. The smallest absolute Gasteiger partial charge is 0.166 e. The molecule has 2 aromatic rings. The molecule has 0 aliphatic heterocycles. The summed E-state index contributed by atoms with van der Waals surface area (Å²) in [5.41, 5.74) is 6.24. The largest absolute Gasteiger partial charge is 0.454 e. The van der Waals surface area contributed by atoms with Crippen LogP contribution >= 0.6 is 15.9 Å². The highest BCUT2D eigenvalue weighted by Crippen LogP contribution is 2.28. The molecule has 2 N–H and O–H groups in total. The quantitative estimate of drug-likeness (QED) is 0.858. The first-order valence-electron chi connectivity index (χ1n) is 5.02. The van der Waals surface area contributed by atoms with Crippen molar-refractivity contribution in [2.24, 2.45) is 0 Å². The molecule has 0 radical (unpaired) electrons. The monoisotopic (exact) mass is 306 g/mol. The van der Waals surface area contributed by atoms with E-state index in [4.69, 9.17) is 15.7 Å². The molecule has 5 heteroatoms. The van der Waals surface area contributed by atoms with Crippen LogP contribution in [0.25, 0.3) is 0 Å². The summed E-state index contributed by atoms with van der Waals surface area (Å²) < 4.78 is 19.5. The zero-order chi connectivity index (χ0) is 13.1. The third-order valence-electron chi connectivity index (χ3n) is 2.27. The molecule has 0 aliphatic rings. The summed E-state index contributed by atoms with van der Waals surface area (Å²) in [6.07, 6.45) is 0. The zero-order valence-electron chi connectivity index (χ0n) is 9.15. The highest BCUT2D eigenvalue weighted by molar-refractivity contribution is 9.10. The molecule has 2 aromatic carbocycles. The van der Waals surface area contributed by atoms with Gasteiger partial charge in [-0.15, -0.1) is 0 Å². The van der Waals surface area contributed by atoms with Gasteiger partial charge in [-0.3, -0.25) is 0 Å². The molecule has 0 aromatic heterocycles. The van der Waals surface area contributed by atoms with E-state index in [0.29, 0.717) is 21.5 Å². The zero-order valence-corrected chi connectivity index (χ0v) is 10.7. The van der Waals surface area contributed by atoms with Crippen molar-refractivity contribution >= 4 is 21.6 Å². The van der Waals surface area contributed by atoms with Gasteiger partial charge in [-0.2, -0.15) is 5.26 Å². The second-order valence-corrected chi connectivity index (χ2v) is 4.45. The molecule has 2 rings (SSSR count). The Labute approximate surface area is 112 Å². The highest BCUT2D eigenvalue weighted by atomic mass is 79.9. The lowest BCUT2D eigenvalue weighted by molar-refractivity contribution is 0.442. The van der Waals surface area contributed by atoms with E-state index in [9.17, 15) is 4.39 Å². The number of hydrogen-bond acceptors (Lipinski definition) is 3. The number of nitrogens with two attached hydrogens (primary N) is 1. The van der Waals surface area contributed by atoms with Crippen LogP contribution < -0.4 is 10.5 Å². The molecule has 90 valence electrons. The van der Waals surface area contributed by atoms with E-state index in [1.165, 1.54) is 18.2 Å². The van der Waals surface area contributed by atoms with Gasteiger partial charge in [0.05, 0.1) is 5.56 Å². The molecule has 0 unspecified atom stereocenters. The van der Waals surface area contributed by atoms with Crippen molar-refractivity contribution in [1.29, 1.82) is 5.26 Å². The van der Waals surface area contributed by atoms with Gasteiger partial charge in [-0.05, 0) is 30.3 Å². The van der Waals surface area contributed by atoms with Crippen molar-refractivity contribution in [3.8, 4) is 17.6 Å². The SMILES string of the molecule is N#Cc1cc(Oc2ccc(Br)cc2F)ccc1N. The summed E-state index contributed by atoms with van der Waals surface area (Å²) in [6, 6.07) is 11.0. The van der Waals surface area contributed by atoms with E-state index in [1.54, 1.807) is 18.2 Å². The maximum atomic E-state index is 13.6. The number of halogens is 2. The average molecular weight is 307 g/mol. The minimum Gasteiger partial charge on any atom is -0.454 e. The molecule has 18 heavy (non-hydrogen) atoms. The maximum Gasteiger partial charge on any atom is 0.166 e. The normalized spacial score (nSPS) is 9.83. The summed E-state index contributed by atoms with van der Waals surface area (Å²) >= 11 is 3.16. The molecule has 0 bridgehead atoms. The van der Waals surface area contributed by atoms with Gasteiger partial charge >= 0.3 is 0 Å². The molecule has 0 amide bonds. The second-order valence-electron chi connectivity index (χ2n) is 3.54. The number of nitrogen functional groups attached to an aromatic ring is 1. The number of ether oxygens (including phenoxy) is 1. The Balaban J connectivity index is 2.32. The summed E-state index contributed by atoms with van der Waals surface area (Å²) in [6.45, 7) is 0. The Bertz CT molecular complexity index is 637. The van der Waals surface area contributed by atoms with Crippen molar-refractivity contribution in [2.45, 2.75) is 0 Å². The van der Waals surface area contributed by atoms with Gasteiger partial charge in [0, 0.05) is 16.2 Å². The topological polar surface area (TPSA) is 59.0 Å².